The number of hydrogen-bond acceptors (Lipinski definition) is 2. The van der Waals surface area contributed by atoms with Crippen molar-refractivity contribution in [1.82, 2.24) is 10.3 Å². The van der Waals surface area contributed by atoms with Crippen molar-refractivity contribution in [3.05, 3.63) is 46.2 Å². The topological polar surface area (TPSA) is 66.4 Å². The van der Waals surface area contributed by atoms with Crippen molar-refractivity contribution in [2.24, 2.45) is 0 Å². The van der Waals surface area contributed by atoms with Crippen LogP contribution < -0.4 is 15.8 Å². The van der Waals surface area contributed by atoms with Crippen LogP contribution in [0.4, 0.5) is 0 Å². The molecule has 5 nitrogen and oxygen atoms in total. The molecule has 0 aliphatic carbocycles. The Morgan fingerprint density at radius 3 is 2.67 bits per heavy atom. The fourth-order valence-corrected chi connectivity index (χ4v) is 2.44. The Morgan fingerprint density at radius 1 is 1.24 bits per heavy atom. The van der Waals surface area contributed by atoms with E-state index in [1.54, 1.807) is 6.07 Å². The molecule has 1 amide bonds. The Morgan fingerprint density at radius 2 is 1.95 bits per heavy atom. The predicted octanol–water partition coefficient (Wildman–Crippen LogP) is 0.183. The van der Waals surface area contributed by atoms with E-state index in [9.17, 15) is 9.59 Å². The molecule has 112 valence electrons. The molecule has 1 aromatic heterocycles. The van der Waals surface area contributed by atoms with Crippen molar-refractivity contribution in [3.63, 3.8) is 0 Å². The zero-order valence-corrected chi connectivity index (χ0v) is 12.5. The van der Waals surface area contributed by atoms with E-state index < -0.39 is 0 Å². The second kappa shape index (κ2) is 7.04. The van der Waals surface area contributed by atoms with Crippen LogP contribution in [-0.2, 0) is 0 Å². The summed E-state index contributed by atoms with van der Waals surface area (Å²) in [6, 6.07) is 8.70. The zero-order valence-electron chi connectivity index (χ0n) is 12.5. The van der Waals surface area contributed by atoms with Crippen molar-refractivity contribution in [2.75, 3.05) is 26.2 Å². The average molecular weight is 288 g/mol. The summed E-state index contributed by atoms with van der Waals surface area (Å²) in [7, 11) is 0. The molecular formula is C16H22N3O2+. The van der Waals surface area contributed by atoms with Crippen molar-refractivity contribution in [3.8, 4) is 0 Å². The third kappa shape index (κ3) is 3.70. The Hall–Kier alpha value is -2.14. The number of aromatic amines is 1. The standard InChI is InChI=1S/C16H21N3O2/c1-3-19(4-2)10-9-17-16(21)13-11-15(20)18-14-8-6-5-7-12(13)14/h5-8,11H,3-4,9-10H2,1-2H3,(H,17,21)(H,18,20)/p+1. The first kappa shape index (κ1) is 15.3. The van der Waals surface area contributed by atoms with Crippen LogP contribution >= 0.6 is 0 Å². The summed E-state index contributed by atoms with van der Waals surface area (Å²) >= 11 is 0. The summed E-state index contributed by atoms with van der Waals surface area (Å²) in [6.07, 6.45) is 0. The van der Waals surface area contributed by atoms with Crippen LogP contribution in [0.1, 0.15) is 24.2 Å². The van der Waals surface area contributed by atoms with Gasteiger partial charge in [0, 0.05) is 17.0 Å². The molecule has 3 N–H and O–H groups in total. The van der Waals surface area contributed by atoms with E-state index >= 15 is 0 Å². The van der Waals surface area contributed by atoms with Gasteiger partial charge in [0.25, 0.3) is 5.91 Å². The number of H-pyrrole nitrogens is 1. The summed E-state index contributed by atoms with van der Waals surface area (Å²) < 4.78 is 0. The second-order valence-corrected chi connectivity index (χ2v) is 5.06. The number of hydrogen-bond donors (Lipinski definition) is 3. The molecule has 2 rings (SSSR count). The quantitative estimate of drug-likeness (QED) is 0.710. The molecule has 21 heavy (non-hydrogen) atoms. The first-order valence-electron chi connectivity index (χ1n) is 7.39. The summed E-state index contributed by atoms with van der Waals surface area (Å²) in [5.41, 5.74) is 0.863. The van der Waals surface area contributed by atoms with Gasteiger partial charge in [-0.15, -0.1) is 0 Å². The third-order valence-corrected chi connectivity index (χ3v) is 3.76. The van der Waals surface area contributed by atoms with Gasteiger partial charge in [-0.25, -0.2) is 0 Å². The number of nitrogens with one attached hydrogen (secondary N) is 3. The predicted molar refractivity (Wildman–Crippen MR) is 83.8 cm³/mol. The van der Waals surface area contributed by atoms with Crippen LogP contribution in [0.25, 0.3) is 10.9 Å². The summed E-state index contributed by atoms with van der Waals surface area (Å²) in [5, 5.41) is 3.67. The number of amides is 1. The molecule has 0 aliphatic heterocycles. The minimum Gasteiger partial charge on any atom is -0.346 e. The molecule has 0 unspecified atom stereocenters. The van der Waals surface area contributed by atoms with Gasteiger partial charge in [-0.05, 0) is 19.9 Å². The number of benzene rings is 1. The van der Waals surface area contributed by atoms with E-state index in [0.717, 1.165) is 25.0 Å². The summed E-state index contributed by atoms with van der Waals surface area (Å²) in [6.45, 7) is 7.84. The van der Waals surface area contributed by atoms with Crippen molar-refractivity contribution < 1.29 is 9.69 Å². The molecule has 0 saturated heterocycles. The van der Waals surface area contributed by atoms with Crippen LogP contribution in [-0.4, -0.2) is 37.1 Å². The van der Waals surface area contributed by atoms with Gasteiger partial charge in [-0.1, -0.05) is 18.2 Å². The first-order valence-corrected chi connectivity index (χ1v) is 7.39. The Labute approximate surface area is 124 Å². The monoisotopic (exact) mass is 288 g/mol. The van der Waals surface area contributed by atoms with Gasteiger partial charge in [0.1, 0.15) is 0 Å². The number of rotatable bonds is 6. The van der Waals surface area contributed by atoms with Crippen molar-refractivity contribution >= 4 is 16.8 Å². The molecule has 0 radical (unpaired) electrons. The van der Waals surface area contributed by atoms with Crippen LogP contribution in [0.2, 0.25) is 0 Å². The maximum absolute atomic E-state index is 12.3. The number of pyridine rings is 1. The third-order valence-electron chi connectivity index (χ3n) is 3.76. The summed E-state index contributed by atoms with van der Waals surface area (Å²) in [5.74, 6) is -0.191. The largest absolute Gasteiger partial charge is 0.346 e. The number of para-hydroxylation sites is 1. The Balaban J connectivity index is 2.14. The highest BCUT2D eigenvalue weighted by molar-refractivity contribution is 6.05. The lowest BCUT2D eigenvalue weighted by Gasteiger charge is -2.15. The Bertz CT molecular complexity index is 675. The highest BCUT2D eigenvalue weighted by atomic mass is 16.2. The van der Waals surface area contributed by atoms with Crippen molar-refractivity contribution in [1.29, 1.82) is 0 Å². The second-order valence-electron chi connectivity index (χ2n) is 5.06. The molecule has 0 atom stereocenters. The van der Waals surface area contributed by atoms with E-state index in [2.05, 4.69) is 24.1 Å². The molecule has 0 spiro atoms. The van der Waals surface area contributed by atoms with Crippen LogP contribution in [0.3, 0.4) is 0 Å². The van der Waals surface area contributed by atoms with Crippen LogP contribution in [0, 0.1) is 0 Å². The number of aromatic nitrogens is 1. The fraction of sp³-hybridized carbons (Fsp3) is 0.375. The number of carbonyl (C=O) groups is 1. The van der Waals surface area contributed by atoms with Gasteiger partial charge in [-0.2, -0.15) is 0 Å². The first-order chi connectivity index (χ1) is 10.2. The molecule has 1 aromatic carbocycles. The number of carbonyl (C=O) groups excluding carboxylic acids is 1. The number of fused-ring (bicyclic) bond motifs is 1. The fourth-order valence-electron chi connectivity index (χ4n) is 2.44. The molecule has 0 bridgehead atoms. The van der Waals surface area contributed by atoms with Crippen molar-refractivity contribution in [2.45, 2.75) is 13.8 Å². The maximum Gasteiger partial charge on any atom is 0.252 e. The van der Waals surface area contributed by atoms with E-state index in [0.29, 0.717) is 17.6 Å². The van der Waals surface area contributed by atoms with E-state index in [-0.39, 0.29) is 11.5 Å². The lowest BCUT2D eigenvalue weighted by atomic mass is 10.1. The van der Waals surface area contributed by atoms with E-state index in [1.807, 2.05) is 18.2 Å². The maximum atomic E-state index is 12.3. The van der Waals surface area contributed by atoms with Gasteiger partial charge >= 0.3 is 0 Å². The lowest BCUT2D eigenvalue weighted by Crippen LogP contribution is -3.12. The van der Waals surface area contributed by atoms with Gasteiger partial charge in [0.15, 0.2) is 0 Å². The van der Waals surface area contributed by atoms with Gasteiger partial charge in [0.2, 0.25) is 5.56 Å². The minimum atomic E-state index is -0.256. The van der Waals surface area contributed by atoms with E-state index in [1.165, 1.54) is 11.0 Å². The molecule has 1 heterocycles. The molecule has 2 aromatic rings. The van der Waals surface area contributed by atoms with Gasteiger partial charge < -0.3 is 15.2 Å². The normalized spacial score (nSPS) is 11.0. The van der Waals surface area contributed by atoms with Crippen LogP contribution in [0.5, 0.6) is 0 Å². The molecule has 5 heteroatoms. The molecule has 0 fully saturated rings. The number of quaternary nitrogens is 1. The van der Waals surface area contributed by atoms with Crippen LogP contribution in [0.15, 0.2) is 35.1 Å². The average Bonchev–Trinajstić information content (AvgIpc) is 2.50. The van der Waals surface area contributed by atoms with Gasteiger partial charge in [-0.3, -0.25) is 9.59 Å². The lowest BCUT2D eigenvalue weighted by molar-refractivity contribution is -0.895. The number of likely N-dealkylation sites (N-methyl/N-ethyl adjacent to an activating group) is 1. The zero-order chi connectivity index (χ0) is 15.2. The SMILES string of the molecule is CC[NH+](CC)CCNC(=O)c1cc(=O)[nH]c2ccccc12. The van der Waals surface area contributed by atoms with Gasteiger partial charge in [0.05, 0.1) is 31.7 Å². The molecule has 0 saturated carbocycles. The molecular weight excluding hydrogens is 266 g/mol. The van der Waals surface area contributed by atoms with E-state index in [4.69, 9.17) is 0 Å². The highest BCUT2D eigenvalue weighted by Gasteiger charge is 2.12. The smallest absolute Gasteiger partial charge is 0.252 e. The molecule has 0 aliphatic rings. The summed E-state index contributed by atoms with van der Waals surface area (Å²) in [4.78, 5) is 28.1. The minimum absolute atomic E-state index is 0.191. The Kier molecular flexibility index (Phi) is 5.11. The highest BCUT2D eigenvalue weighted by Crippen LogP contribution is 2.13.